The van der Waals surface area contributed by atoms with Gasteiger partial charge in [0.05, 0.1) is 17.8 Å². The lowest BCUT2D eigenvalue weighted by Crippen LogP contribution is -2.10. The van der Waals surface area contributed by atoms with Gasteiger partial charge in [0.1, 0.15) is 5.82 Å². The summed E-state index contributed by atoms with van der Waals surface area (Å²) in [7, 11) is 0. The second-order valence-electron chi connectivity index (χ2n) is 3.35. The van der Waals surface area contributed by atoms with Crippen LogP contribution in [0.2, 0.25) is 0 Å². The molecule has 1 N–H and O–H groups in total. The normalized spacial score (nSPS) is 15.9. The minimum atomic E-state index is -4.48. The van der Waals surface area contributed by atoms with Gasteiger partial charge in [-0.05, 0) is 18.2 Å². The lowest BCUT2D eigenvalue weighted by Gasteiger charge is -2.11. The predicted octanol–water partition coefficient (Wildman–Crippen LogP) is 3.36. The number of hydrogen-bond donors (Lipinski definition) is 1. The average molecular weight is 264 g/mol. The lowest BCUT2D eigenvalue weighted by atomic mass is 10.2. The van der Waals surface area contributed by atoms with Crippen LogP contribution in [0.4, 0.5) is 23.2 Å². The molecule has 0 spiro atoms. The van der Waals surface area contributed by atoms with Gasteiger partial charge in [0.2, 0.25) is 0 Å². The van der Waals surface area contributed by atoms with Gasteiger partial charge in [0, 0.05) is 5.75 Å². The maximum Gasteiger partial charge on any atom is 0.416 e. The van der Waals surface area contributed by atoms with Crippen LogP contribution in [0.15, 0.2) is 23.2 Å². The van der Waals surface area contributed by atoms with Gasteiger partial charge in [-0.1, -0.05) is 11.8 Å². The zero-order valence-corrected chi connectivity index (χ0v) is 9.33. The Balaban J connectivity index is 2.26. The number of amidine groups is 1. The SMILES string of the molecule is Fc1ccc(C(F)(F)F)cc1NC1=NCCS1. The monoisotopic (exact) mass is 264 g/mol. The number of alkyl halides is 3. The van der Waals surface area contributed by atoms with Gasteiger partial charge < -0.3 is 5.32 Å². The first-order chi connectivity index (χ1) is 7.97. The molecular formula is C10H8F4N2S. The molecule has 0 amide bonds. The number of nitrogens with one attached hydrogen (secondary N) is 1. The molecule has 92 valence electrons. The van der Waals surface area contributed by atoms with E-state index >= 15 is 0 Å². The fraction of sp³-hybridized carbons (Fsp3) is 0.300. The third-order valence-electron chi connectivity index (χ3n) is 2.12. The molecule has 0 aliphatic carbocycles. The van der Waals surface area contributed by atoms with Crippen LogP contribution >= 0.6 is 11.8 Å². The summed E-state index contributed by atoms with van der Waals surface area (Å²) in [6, 6.07) is 2.26. The fourth-order valence-corrected chi connectivity index (χ4v) is 2.06. The summed E-state index contributed by atoms with van der Waals surface area (Å²) >= 11 is 1.35. The number of anilines is 1. The highest BCUT2D eigenvalue weighted by molar-refractivity contribution is 8.14. The Hall–Kier alpha value is -1.24. The maximum atomic E-state index is 13.3. The van der Waals surface area contributed by atoms with Gasteiger partial charge in [-0.15, -0.1) is 0 Å². The summed E-state index contributed by atoms with van der Waals surface area (Å²) in [4.78, 5) is 3.98. The molecule has 1 aliphatic heterocycles. The molecule has 0 aromatic heterocycles. The zero-order chi connectivity index (χ0) is 12.5. The number of hydrogen-bond acceptors (Lipinski definition) is 3. The molecule has 1 aromatic carbocycles. The highest BCUT2D eigenvalue weighted by Crippen LogP contribution is 2.32. The number of aliphatic imine (C=N–C) groups is 1. The number of thioether (sulfide) groups is 1. The molecule has 2 nitrogen and oxygen atoms in total. The standard InChI is InChI=1S/C10H8F4N2S/c11-7-2-1-6(10(12,13)14)5-8(7)16-9-15-3-4-17-9/h1-2,5H,3-4H2,(H,15,16). The van der Waals surface area contributed by atoms with Gasteiger partial charge >= 0.3 is 6.18 Å². The van der Waals surface area contributed by atoms with E-state index in [1.807, 2.05) is 0 Å². The Morgan fingerprint density at radius 1 is 1.29 bits per heavy atom. The summed E-state index contributed by atoms with van der Waals surface area (Å²) in [5, 5.41) is 3.01. The molecule has 0 saturated carbocycles. The first-order valence-electron chi connectivity index (χ1n) is 4.78. The molecule has 1 heterocycles. The van der Waals surface area contributed by atoms with Gasteiger partial charge in [-0.3, -0.25) is 4.99 Å². The van der Waals surface area contributed by atoms with Crippen molar-refractivity contribution in [3.05, 3.63) is 29.6 Å². The molecule has 2 rings (SSSR count). The van der Waals surface area contributed by atoms with Crippen molar-refractivity contribution in [1.82, 2.24) is 0 Å². The molecular weight excluding hydrogens is 256 g/mol. The van der Waals surface area contributed by atoms with Crippen LogP contribution in [0.25, 0.3) is 0 Å². The predicted molar refractivity (Wildman–Crippen MR) is 59.8 cm³/mol. The van der Waals surface area contributed by atoms with E-state index in [1.54, 1.807) is 0 Å². The van der Waals surface area contributed by atoms with Crippen LogP contribution in [0, 0.1) is 5.82 Å². The van der Waals surface area contributed by atoms with Crippen molar-refractivity contribution in [3.63, 3.8) is 0 Å². The molecule has 1 aromatic rings. The fourth-order valence-electron chi connectivity index (χ4n) is 1.32. The quantitative estimate of drug-likeness (QED) is 0.786. The van der Waals surface area contributed by atoms with E-state index in [1.165, 1.54) is 11.8 Å². The van der Waals surface area contributed by atoms with Gasteiger partial charge in [-0.25, -0.2) is 4.39 Å². The van der Waals surface area contributed by atoms with E-state index in [4.69, 9.17) is 0 Å². The molecule has 17 heavy (non-hydrogen) atoms. The number of benzene rings is 1. The molecule has 0 bridgehead atoms. The summed E-state index contributed by atoms with van der Waals surface area (Å²) < 4.78 is 50.6. The van der Waals surface area contributed by atoms with Crippen LogP contribution < -0.4 is 5.32 Å². The Kier molecular flexibility index (Phi) is 3.28. The van der Waals surface area contributed by atoms with Gasteiger partial charge in [0.25, 0.3) is 0 Å². The van der Waals surface area contributed by atoms with Crippen molar-refractivity contribution in [1.29, 1.82) is 0 Å². The topological polar surface area (TPSA) is 24.4 Å². The second-order valence-corrected chi connectivity index (χ2v) is 4.44. The van der Waals surface area contributed by atoms with Crippen molar-refractivity contribution in [3.8, 4) is 0 Å². The third-order valence-corrected chi connectivity index (χ3v) is 3.01. The van der Waals surface area contributed by atoms with E-state index in [2.05, 4.69) is 10.3 Å². The van der Waals surface area contributed by atoms with Crippen LogP contribution in [0.3, 0.4) is 0 Å². The molecule has 1 aliphatic rings. The Bertz CT molecular complexity index is 456. The van der Waals surface area contributed by atoms with Crippen LogP contribution in [0.1, 0.15) is 5.56 Å². The summed E-state index contributed by atoms with van der Waals surface area (Å²) in [6.07, 6.45) is -4.48. The molecule has 0 atom stereocenters. The first-order valence-corrected chi connectivity index (χ1v) is 5.76. The van der Waals surface area contributed by atoms with Crippen molar-refractivity contribution < 1.29 is 17.6 Å². The molecule has 7 heteroatoms. The average Bonchev–Trinajstić information content (AvgIpc) is 2.72. The number of halogens is 4. The highest BCUT2D eigenvalue weighted by atomic mass is 32.2. The lowest BCUT2D eigenvalue weighted by molar-refractivity contribution is -0.137. The van der Waals surface area contributed by atoms with E-state index in [9.17, 15) is 17.6 Å². The minimum absolute atomic E-state index is 0.201. The van der Waals surface area contributed by atoms with Crippen molar-refractivity contribution >= 4 is 22.6 Å². The minimum Gasteiger partial charge on any atom is -0.333 e. The Labute approximate surface area is 99.1 Å². The summed E-state index contributed by atoms with van der Waals surface area (Å²) in [5.41, 5.74) is -1.09. The Morgan fingerprint density at radius 2 is 2.06 bits per heavy atom. The number of rotatable bonds is 1. The van der Waals surface area contributed by atoms with Crippen LogP contribution in [-0.2, 0) is 6.18 Å². The van der Waals surface area contributed by atoms with Crippen molar-refractivity contribution in [2.24, 2.45) is 4.99 Å². The van der Waals surface area contributed by atoms with E-state index < -0.39 is 17.6 Å². The summed E-state index contributed by atoms with van der Waals surface area (Å²) in [6.45, 7) is 0.591. The van der Waals surface area contributed by atoms with Crippen molar-refractivity contribution in [2.75, 3.05) is 17.6 Å². The summed E-state index contributed by atoms with van der Waals surface area (Å²) in [5.74, 6) is 0.0244. The van der Waals surface area contributed by atoms with E-state index in [-0.39, 0.29) is 5.69 Å². The molecule has 0 radical (unpaired) electrons. The van der Waals surface area contributed by atoms with Gasteiger partial charge in [0.15, 0.2) is 5.17 Å². The molecule has 0 fully saturated rings. The van der Waals surface area contributed by atoms with Crippen LogP contribution in [0.5, 0.6) is 0 Å². The Morgan fingerprint density at radius 3 is 2.65 bits per heavy atom. The van der Waals surface area contributed by atoms with Crippen molar-refractivity contribution in [2.45, 2.75) is 6.18 Å². The van der Waals surface area contributed by atoms with E-state index in [0.29, 0.717) is 17.8 Å². The van der Waals surface area contributed by atoms with E-state index in [0.717, 1.165) is 17.9 Å². The zero-order valence-electron chi connectivity index (χ0n) is 8.51. The van der Waals surface area contributed by atoms with Crippen LogP contribution in [-0.4, -0.2) is 17.5 Å². The molecule has 0 unspecified atom stereocenters. The first kappa shape index (κ1) is 12.2. The largest absolute Gasteiger partial charge is 0.416 e. The second kappa shape index (κ2) is 4.56. The highest BCUT2D eigenvalue weighted by Gasteiger charge is 2.31. The maximum absolute atomic E-state index is 13.3. The molecule has 0 saturated heterocycles. The number of nitrogens with zero attached hydrogens (tertiary/aromatic N) is 1. The third kappa shape index (κ3) is 2.91. The smallest absolute Gasteiger partial charge is 0.333 e. The van der Waals surface area contributed by atoms with Gasteiger partial charge in [-0.2, -0.15) is 13.2 Å².